The molecule has 0 aromatic heterocycles. The number of halogens is 1. The van der Waals surface area contributed by atoms with Crippen LogP contribution in [0.5, 0.6) is 11.5 Å². The fourth-order valence-electron chi connectivity index (χ4n) is 1.70. The van der Waals surface area contributed by atoms with E-state index in [1.807, 2.05) is 12.1 Å². The molecule has 0 heterocycles. The third-order valence-electron chi connectivity index (χ3n) is 2.65. The van der Waals surface area contributed by atoms with Crippen LogP contribution >= 0.6 is 15.9 Å². The molecule has 5 nitrogen and oxygen atoms in total. The molecule has 0 fully saturated rings. The van der Waals surface area contributed by atoms with Crippen LogP contribution in [0.25, 0.3) is 0 Å². The van der Waals surface area contributed by atoms with Gasteiger partial charge in [0.2, 0.25) is 0 Å². The van der Waals surface area contributed by atoms with Gasteiger partial charge in [0.15, 0.2) is 11.5 Å². The molecular formula is C14H22BrNO4. The van der Waals surface area contributed by atoms with Crippen LogP contribution in [0.1, 0.15) is 12.5 Å². The normalized spacial score (nSPS) is 12.2. The first-order valence-electron chi connectivity index (χ1n) is 6.49. The number of methoxy groups -OCH3 is 2. The topological polar surface area (TPSA) is 60.0 Å². The molecule has 0 radical (unpaired) electrons. The van der Waals surface area contributed by atoms with Crippen LogP contribution < -0.4 is 14.8 Å². The van der Waals surface area contributed by atoms with E-state index < -0.39 is 6.10 Å². The maximum atomic E-state index is 9.62. The minimum atomic E-state index is -0.668. The minimum absolute atomic E-state index is 0.148. The molecule has 1 aromatic carbocycles. The van der Waals surface area contributed by atoms with E-state index in [0.29, 0.717) is 11.5 Å². The van der Waals surface area contributed by atoms with Crippen molar-refractivity contribution in [2.45, 2.75) is 19.6 Å². The Morgan fingerprint density at radius 1 is 1.30 bits per heavy atom. The zero-order valence-electron chi connectivity index (χ0n) is 12.1. The Morgan fingerprint density at radius 3 is 2.65 bits per heavy atom. The van der Waals surface area contributed by atoms with Crippen LogP contribution in [0.2, 0.25) is 0 Å². The van der Waals surface area contributed by atoms with Gasteiger partial charge in [0.1, 0.15) is 12.7 Å². The lowest BCUT2D eigenvalue weighted by Crippen LogP contribution is -2.23. The molecule has 114 valence electrons. The molecule has 0 aliphatic rings. The number of ether oxygens (including phenoxy) is 3. The van der Waals surface area contributed by atoms with Gasteiger partial charge in [-0.1, -0.05) is 6.92 Å². The van der Waals surface area contributed by atoms with Crippen molar-refractivity contribution in [2.75, 3.05) is 34.0 Å². The zero-order chi connectivity index (χ0) is 15.0. The van der Waals surface area contributed by atoms with E-state index in [4.69, 9.17) is 14.2 Å². The van der Waals surface area contributed by atoms with E-state index in [9.17, 15) is 5.11 Å². The van der Waals surface area contributed by atoms with E-state index in [0.717, 1.165) is 23.1 Å². The summed E-state index contributed by atoms with van der Waals surface area (Å²) in [6, 6.07) is 3.90. The molecule has 0 saturated carbocycles. The summed E-state index contributed by atoms with van der Waals surface area (Å²) in [6.07, 6.45) is -0.668. The maximum absolute atomic E-state index is 9.62. The largest absolute Gasteiger partial charge is 0.493 e. The van der Waals surface area contributed by atoms with Crippen molar-refractivity contribution in [3.8, 4) is 11.5 Å². The Balaban J connectivity index is 2.79. The molecular weight excluding hydrogens is 326 g/mol. The summed E-state index contributed by atoms with van der Waals surface area (Å²) < 4.78 is 16.6. The van der Waals surface area contributed by atoms with Gasteiger partial charge < -0.3 is 24.6 Å². The molecule has 0 aliphatic carbocycles. The molecule has 0 bridgehead atoms. The zero-order valence-corrected chi connectivity index (χ0v) is 13.7. The van der Waals surface area contributed by atoms with E-state index in [1.54, 1.807) is 7.11 Å². The van der Waals surface area contributed by atoms with Gasteiger partial charge in [-0.05, 0) is 40.2 Å². The Bertz CT molecular complexity index is 414. The molecule has 0 aliphatic heterocycles. The van der Waals surface area contributed by atoms with Crippen molar-refractivity contribution >= 4 is 15.9 Å². The van der Waals surface area contributed by atoms with Crippen molar-refractivity contribution in [2.24, 2.45) is 0 Å². The first-order chi connectivity index (χ1) is 9.62. The van der Waals surface area contributed by atoms with E-state index in [2.05, 4.69) is 28.2 Å². The second-order valence-electron chi connectivity index (χ2n) is 4.31. The van der Waals surface area contributed by atoms with Crippen molar-refractivity contribution in [1.29, 1.82) is 0 Å². The quantitative estimate of drug-likeness (QED) is 0.714. The van der Waals surface area contributed by atoms with Gasteiger partial charge in [-0.15, -0.1) is 0 Å². The van der Waals surface area contributed by atoms with Crippen LogP contribution in [0.3, 0.4) is 0 Å². The van der Waals surface area contributed by atoms with Crippen LogP contribution in [0.15, 0.2) is 16.6 Å². The number of hydrogen-bond donors (Lipinski definition) is 2. The van der Waals surface area contributed by atoms with Gasteiger partial charge in [-0.2, -0.15) is 0 Å². The summed E-state index contributed by atoms with van der Waals surface area (Å²) in [5.41, 5.74) is 1.10. The van der Waals surface area contributed by atoms with Gasteiger partial charge >= 0.3 is 0 Å². The molecule has 20 heavy (non-hydrogen) atoms. The number of benzene rings is 1. The van der Waals surface area contributed by atoms with Gasteiger partial charge in [0.25, 0.3) is 0 Å². The van der Waals surface area contributed by atoms with Crippen LogP contribution in [0.4, 0.5) is 0 Å². The molecule has 2 N–H and O–H groups in total. The Kier molecular flexibility index (Phi) is 7.91. The number of nitrogens with one attached hydrogen (secondary N) is 1. The molecule has 0 saturated heterocycles. The average Bonchev–Trinajstić information content (AvgIpc) is 2.43. The fraction of sp³-hybridized carbons (Fsp3) is 0.571. The maximum Gasteiger partial charge on any atom is 0.175 e. The second kappa shape index (κ2) is 9.18. The fourth-order valence-corrected chi connectivity index (χ4v) is 2.31. The van der Waals surface area contributed by atoms with E-state index in [1.165, 1.54) is 7.11 Å². The predicted molar refractivity (Wildman–Crippen MR) is 81.5 cm³/mol. The molecule has 0 spiro atoms. The summed E-state index contributed by atoms with van der Waals surface area (Å²) in [4.78, 5) is 0. The standard InChI is InChI=1S/C14H22BrNO4/c1-4-16-7-10-5-12(15)14(13(6-10)19-3)20-9-11(17)8-18-2/h5-6,11,16-17H,4,7-9H2,1-3H3. The average molecular weight is 348 g/mol. The minimum Gasteiger partial charge on any atom is -0.493 e. The smallest absolute Gasteiger partial charge is 0.175 e. The lowest BCUT2D eigenvalue weighted by Gasteiger charge is -2.16. The Labute approximate surface area is 128 Å². The Morgan fingerprint density at radius 2 is 2.05 bits per heavy atom. The van der Waals surface area contributed by atoms with Crippen molar-refractivity contribution in [3.63, 3.8) is 0 Å². The number of rotatable bonds is 9. The summed E-state index contributed by atoms with van der Waals surface area (Å²) in [6.45, 7) is 4.11. The first kappa shape index (κ1) is 17.2. The SMILES string of the molecule is CCNCc1cc(Br)c(OCC(O)COC)c(OC)c1. The highest BCUT2D eigenvalue weighted by Crippen LogP contribution is 2.36. The van der Waals surface area contributed by atoms with Gasteiger partial charge in [0.05, 0.1) is 18.2 Å². The monoisotopic (exact) mass is 347 g/mol. The first-order valence-corrected chi connectivity index (χ1v) is 7.28. The summed E-state index contributed by atoms with van der Waals surface area (Å²) in [5.74, 6) is 1.22. The van der Waals surface area contributed by atoms with Gasteiger partial charge in [-0.3, -0.25) is 0 Å². The lowest BCUT2D eigenvalue weighted by atomic mass is 10.2. The summed E-state index contributed by atoms with van der Waals surface area (Å²) in [7, 11) is 3.13. The van der Waals surface area contributed by atoms with E-state index >= 15 is 0 Å². The highest BCUT2D eigenvalue weighted by Gasteiger charge is 2.13. The van der Waals surface area contributed by atoms with Crippen LogP contribution in [-0.4, -0.2) is 45.2 Å². The number of hydrogen-bond acceptors (Lipinski definition) is 5. The highest BCUT2D eigenvalue weighted by atomic mass is 79.9. The van der Waals surface area contributed by atoms with E-state index in [-0.39, 0.29) is 13.2 Å². The second-order valence-corrected chi connectivity index (χ2v) is 5.16. The third-order valence-corrected chi connectivity index (χ3v) is 3.24. The van der Waals surface area contributed by atoms with Gasteiger partial charge in [0, 0.05) is 13.7 Å². The molecule has 6 heteroatoms. The molecule has 1 aromatic rings. The molecule has 1 atom stereocenters. The van der Waals surface area contributed by atoms with Crippen LogP contribution in [-0.2, 0) is 11.3 Å². The number of aliphatic hydroxyl groups excluding tert-OH is 1. The van der Waals surface area contributed by atoms with Crippen molar-refractivity contribution in [1.82, 2.24) is 5.32 Å². The summed E-state index contributed by atoms with van der Waals surface area (Å²) >= 11 is 3.47. The third kappa shape index (κ3) is 5.28. The summed E-state index contributed by atoms with van der Waals surface area (Å²) in [5, 5.41) is 12.9. The highest BCUT2D eigenvalue weighted by molar-refractivity contribution is 9.10. The van der Waals surface area contributed by atoms with Gasteiger partial charge in [-0.25, -0.2) is 0 Å². The lowest BCUT2D eigenvalue weighted by molar-refractivity contribution is 0.0317. The number of aliphatic hydroxyl groups is 1. The van der Waals surface area contributed by atoms with Crippen molar-refractivity contribution < 1.29 is 19.3 Å². The molecule has 1 unspecified atom stereocenters. The van der Waals surface area contributed by atoms with Crippen molar-refractivity contribution in [3.05, 3.63) is 22.2 Å². The molecule has 1 rings (SSSR count). The van der Waals surface area contributed by atoms with Crippen LogP contribution in [0, 0.1) is 0 Å². The Hall–Kier alpha value is -0.820. The predicted octanol–water partition coefficient (Wildman–Crippen LogP) is 1.95. The molecule has 0 amide bonds.